The van der Waals surface area contributed by atoms with Gasteiger partial charge in [-0.15, -0.1) is 0 Å². The number of hydrogen-bond acceptors (Lipinski definition) is 0. The van der Waals surface area contributed by atoms with Crippen LogP contribution in [0.15, 0.2) is 218 Å². The molecule has 0 radical (unpaired) electrons. The molecule has 56 heavy (non-hydrogen) atoms. The maximum Gasteiger partial charge on any atom is 0.0547 e. The van der Waals surface area contributed by atoms with Gasteiger partial charge in [-0.2, -0.15) is 0 Å². The standard InChI is InChI=1S/C54H36N2/c1-3-15-37(16-4-1)39-19-13-21-43(33-39)55-51-27-11-9-25-47(51)49-31-29-40(35-53(49)55)41-30-32-50-48-26-10-12-28-52(48)56(54(50)36-41)44-22-14-20-42(34-44)46-24-8-7-23-45(46)38-17-5-2-6-18-38/h1-36H. The average Bonchev–Trinajstić information content (AvgIpc) is 3.79. The Hall–Kier alpha value is -7.42. The van der Waals surface area contributed by atoms with Gasteiger partial charge in [-0.1, -0.05) is 170 Å². The van der Waals surface area contributed by atoms with Gasteiger partial charge in [0, 0.05) is 32.9 Å². The van der Waals surface area contributed by atoms with E-state index in [1.807, 2.05) is 0 Å². The molecule has 0 aliphatic carbocycles. The van der Waals surface area contributed by atoms with Crippen molar-refractivity contribution in [1.29, 1.82) is 0 Å². The molecule has 0 spiro atoms. The molecule has 2 heterocycles. The molecular formula is C54H36N2. The Morgan fingerprint density at radius 2 is 0.607 bits per heavy atom. The van der Waals surface area contributed by atoms with Crippen LogP contribution in [0.25, 0.3) is 99.5 Å². The van der Waals surface area contributed by atoms with E-state index < -0.39 is 0 Å². The SMILES string of the molecule is c1ccc(-c2cccc(-n3c4ccccc4c4ccc(-c5ccc6c7ccccc7n(-c7cccc(-c8ccccc8-c8ccccc8)c7)c6c5)cc43)c2)cc1. The van der Waals surface area contributed by atoms with Crippen molar-refractivity contribution in [3.63, 3.8) is 0 Å². The maximum atomic E-state index is 2.44. The summed E-state index contributed by atoms with van der Waals surface area (Å²) in [4.78, 5) is 0. The normalized spacial score (nSPS) is 11.6. The summed E-state index contributed by atoms with van der Waals surface area (Å²) in [6.45, 7) is 0. The zero-order valence-electron chi connectivity index (χ0n) is 30.7. The van der Waals surface area contributed by atoms with Gasteiger partial charge in [0.2, 0.25) is 0 Å². The van der Waals surface area contributed by atoms with Crippen LogP contribution in [0.3, 0.4) is 0 Å². The highest BCUT2D eigenvalue weighted by atomic mass is 15.0. The fourth-order valence-corrected chi connectivity index (χ4v) is 8.73. The van der Waals surface area contributed by atoms with Gasteiger partial charge in [-0.05, 0) is 93.0 Å². The third-order valence-electron chi connectivity index (χ3n) is 11.3. The lowest BCUT2D eigenvalue weighted by Crippen LogP contribution is -1.95. The van der Waals surface area contributed by atoms with Gasteiger partial charge in [0.15, 0.2) is 0 Å². The van der Waals surface area contributed by atoms with Crippen molar-refractivity contribution in [2.45, 2.75) is 0 Å². The lowest BCUT2D eigenvalue weighted by atomic mass is 9.94. The summed E-state index contributed by atoms with van der Waals surface area (Å²) >= 11 is 0. The summed E-state index contributed by atoms with van der Waals surface area (Å²) in [6, 6.07) is 79.4. The number of benzene rings is 9. The molecule has 0 fully saturated rings. The fourth-order valence-electron chi connectivity index (χ4n) is 8.73. The van der Waals surface area contributed by atoms with Gasteiger partial charge in [0.1, 0.15) is 0 Å². The molecule has 0 bridgehead atoms. The van der Waals surface area contributed by atoms with E-state index in [-0.39, 0.29) is 0 Å². The van der Waals surface area contributed by atoms with Crippen molar-refractivity contribution in [2.75, 3.05) is 0 Å². The minimum absolute atomic E-state index is 1.14. The lowest BCUT2D eigenvalue weighted by Gasteiger charge is -2.14. The topological polar surface area (TPSA) is 9.86 Å². The van der Waals surface area contributed by atoms with Crippen LogP contribution in [0.1, 0.15) is 0 Å². The number of para-hydroxylation sites is 2. The fraction of sp³-hybridized carbons (Fsp3) is 0. The summed E-state index contributed by atoms with van der Waals surface area (Å²) in [5.41, 5.74) is 16.7. The van der Waals surface area contributed by atoms with Crippen LogP contribution in [0, 0.1) is 0 Å². The van der Waals surface area contributed by atoms with E-state index in [9.17, 15) is 0 Å². The quantitative estimate of drug-likeness (QED) is 0.162. The molecule has 2 aromatic heterocycles. The molecular weight excluding hydrogens is 677 g/mol. The highest BCUT2D eigenvalue weighted by Gasteiger charge is 2.17. The van der Waals surface area contributed by atoms with Crippen molar-refractivity contribution < 1.29 is 0 Å². The Morgan fingerprint density at radius 1 is 0.214 bits per heavy atom. The molecule has 262 valence electrons. The second kappa shape index (κ2) is 13.2. The van der Waals surface area contributed by atoms with Crippen LogP contribution in [-0.4, -0.2) is 9.13 Å². The van der Waals surface area contributed by atoms with E-state index in [0.29, 0.717) is 0 Å². The largest absolute Gasteiger partial charge is 0.309 e. The summed E-state index contributed by atoms with van der Waals surface area (Å²) in [5, 5.41) is 4.99. The third-order valence-corrected chi connectivity index (χ3v) is 11.3. The minimum Gasteiger partial charge on any atom is -0.309 e. The van der Waals surface area contributed by atoms with E-state index in [4.69, 9.17) is 0 Å². The van der Waals surface area contributed by atoms with Crippen molar-refractivity contribution in [1.82, 2.24) is 9.13 Å². The summed E-state index contributed by atoms with van der Waals surface area (Å²) in [5.74, 6) is 0. The van der Waals surface area contributed by atoms with Crippen molar-refractivity contribution in [2.24, 2.45) is 0 Å². The summed E-state index contributed by atoms with van der Waals surface area (Å²) in [7, 11) is 0. The van der Waals surface area contributed by atoms with Gasteiger partial charge in [0.25, 0.3) is 0 Å². The van der Waals surface area contributed by atoms with Crippen LogP contribution in [0.4, 0.5) is 0 Å². The molecule has 0 N–H and O–H groups in total. The van der Waals surface area contributed by atoms with Gasteiger partial charge in [-0.25, -0.2) is 0 Å². The second-order valence-corrected chi connectivity index (χ2v) is 14.5. The molecule has 0 saturated heterocycles. The number of hydrogen-bond donors (Lipinski definition) is 0. The lowest BCUT2D eigenvalue weighted by molar-refractivity contribution is 1.18. The maximum absolute atomic E-state index is 2.44. The Balaban J connectivity index is 1.08. The first-order valence-electron chi connectivity index (χ1n) is 19.3. The summed E-state index contributed by atoms with van der Waals surface area (Å²) < 4.78 is 4.86. The Bertz CT molecular complexity index is 3240. The molecule has 0 atom stereocenters. The number of rotatable bonds is 6. The molecule has 0 aliphatic rings. The van der Waals surface area contributed by atoms with Crippen molar-refractivity contribution in [3.05, 3.63) is 218 Å². The smallest absolute Gasteiger partial charge is 0.0547 e. The van der Waals surface area contributed by atoms with E-state index in [0.717, 1.165) is 11.4 Å². The zero-order valence-corrected chi connectivity index (χ0v) is 30.7. The van der Waals surface area contributed by atoms with Gasteiger partial charge >= 0.3 is 0 Å². The monoisotopic (exact) mass is 712 g/mol. The summed E-state index contributed by atoms with van der Waals surface area (Å²) in [6.07, 6.45) is 0. The molecule has 0 amide bonds. The number of fused-ring (bicyclic) bond motifs is 6. The van der Waals surface area contributed by atoms with E-state index in [1.54, 1.807) is 0 Å². The van der Waals surface area contributed by atoms with Crippen molar-refractivity contribution in [3.8, 4) is 55.9 Å². The van der Waals surface area contributed by atoms with Gasteiger partial charge in [0.05, 0.1) is 22.1 Å². The van der Waals surface area contributed by atoms with Crippen LogP contribution in [-0.2, 0) is 0 Å². The second-order valence-electron chi connectivity index (χ2n) is 14.5. The molecule has 2 heteroatoms. The molecule has 11 rings (SSSR count). The Labute approximate surface area is 325 Å². The molecule has 0 aliphatic heterocycles. The van der Waals surface area contributed by atoms with E-state index in [1.165, 1.54) is 88.1 Å². The molecule has 11 aromatic rings. The molecule has 2 nitrogen and oxygen atoms in total. The van der Waals surface area contributed by atoms with Crippen molar-refractivity contribution >= 4 is 43.6 Å². The first-order valence-corrected chi connectivity index (χ1v) is 19.3. The zero-order chi connectivity index (χ0) is 37.0. The van der Waals surface area contributed by atoms with E-state index >= 15 is 0 Å². The Morgan fingerprint density at radius 3 is 1.18 bits per heavy atom. The van der Waals surface area contributed by atoms with E-state index in [2.05, 4.69) is 228 Å². The predicted molar refractivity (Wildman–Crippen MR) is 237 cm³/mol. The average molecular weight is 713 g/mol. The number of aromatic nitrogens is 2. The molecule has 0 unspecified atom stereocenters. The predicted octanol–water partition coefficient (Wildman–Crippen LogP) is 14.5. The Kier molecular flexibility index (Phi) is 7.53. The molecule has 0 saturated carbocycles. The minimum atomic E-state index is 1.14. The van der Waals surface area contributed by atoms with Crippen LogP contribution < -0.4 is 0 Å². The third kappa shape index (κ3) is 5.26. The first-order chi connectivity index (χ1) is 27.8. The highest BCUT2D eigenvalue weighted by Crippen LogP contribution is 2.40. The van der Waals surface area contributed by atoms with Gasteiger partial charge < -0.3 is 9.13 Å². The van der Waals surface area contributed by atoms with Crippen LogP contribution in [0.2, 0.25) is 0 Å². The number of nitrogens with zero attached hydrogens (tertiary/aromatic N) is 2. The van der Waals surface area contributed by atoms with Crippen LogP contribution in [0.5, 0.6) is 0 Å². The van der Waals surface area contributed by atoms with Gasteiger partial charge in [-0.3, -0.25) is 0 Å². The first kappa shape index (κ1) is 32.0. The van der Waals surface area contributed by atoms with Crippen LogP contribution >= 0.6 is 0 Å². The molecule has 9 aromatic carbocycles. The highest BCUT2D eigenvalue weighted by molar-refractivity contribution is 6.12.